The van der Waals surface area contributed by atoms with Crippen LogP contribution in [0.4, 0.5) is 0 Å². The molecule has 0 aromatic heterocycles. The van der Waals surface area contributed by atoms with Crippen molar-refractivity contribution in [2.45, 2.75) is 6.92 Å². The molecular weight excluding hydrogens is 280 g/mol. The maximum Gasteiger partial charge on any atom is 0.341 e. The molecule has 0 unspecified atom stereocenters. The van der Waals surface area contributed by atoms with Crippen LogP contribution >= 0.6 is 0 Å². The molecule has 112 valence electrons. The van der Waals surface area contributed by atoms with Crippen LogP contribution in [0.5, 0.6) is 5.75 Å². The number of carbonyl (C=O) groups excluding carboxylic acids is 1. The second-order valence-electron chi connectivity index (χ2n) is 4.76. The third-order valence-corrected chi connectivity index (χ3v) is 3.10. The second-order valence-corrected chi connectivity index (χ2v) is 4.76. The van der Waals surface area contributed by atoms with Gasteiger partial charge in [-0.25, -0.2) is 4.79 Å². The highest BCUT2D eigenvalue weighted by Gasteiger charge is 2.04. The minimum absolute atomic E-state index is 0.118. The minimum atomic E-state index is -1.04. The van der Waals surface area contributed by atoms with Crippen LogP contribution in [0.3, 0.4) is 0 Å². The van der Waals surface area contributed by atoms with Gasteiger partial charge in [-0.1, -0.05) is 30.3 Å². The second kappa shape index (κ2) is 7.22. The van der Waals surface area contributed by atoms with Gasteiger partial charge in [-0.3, -0.25) is 4.79 Å². The lowest BCUT2D eigenvalue weighted by Crippen LogP contribution is -2.09. The lowest BCUT2D eigenvalue weighted by atomic mass is 10.1. The summed E-state index contributed by atoms with van der Waals surface area (Å²) in [4.78, 5) is 22.5. The average Bonchev–Trinajstić information content (AvgIpc) is 2.52. The number of hydrogen-bond acceptors (Lipinski definition) is 3. The number of ketones is 1. The minimum Gasteiger partial charge on any atom is -0.482 e. The molecule has 4 heteroatoms. The Morgan fingerprint density at radius 3 is 2.41 bits per heavy atom. The van der Waals surface area contributed by atoms with Gasteiger partial charge in [0.2, 0.25) is 0 Å². The van der Waals surface area contributed by atoms with Crippen molar-refractivity contribution >= 4 is 17.8 Å². The highest BCUT2D eigenvalue weighted by atomic mass is 16.5. The number of carboxylic acid groups (broad SMARTS) is 1. The van der Waals surface area contributed by atoms with Crippen LogP contribution in [0.1, 0.15) is 21.5 Å². The van der Waals surface area contributed by atoms with Crippen LogP contribution in [0.15, 0.2) is 54.6 Å². The number of rotatable bonds is 6. The predicted molar refractivity (Wildman–Crippen MR) is 84.1 cm³/mol. The van der Waals surface area contributed by atoms with Gasteiger partial charge in [0, 0.05) is 5.56 Å². The summed E-state index contributed by atoms with van der Waals surface area (Å²) < 4.78 is 5.02. The molecule has 22 heavy (non-hydrogen) atoms. The van der Waals surface area contributed by atoms with Crippen LogP contribution in [-0.2, 0) is 4.79 Å². The first-order valence-corrected chi connectivity index (χ1v) is 6.79. The van der Waals surface area contributed by atoms with Gasteiger partial charge in [-0.2, -0.15) is 0 Å². The smallest absolute Gasteiger partial charge is 0.341 e. The number of aliphatic carboxylic acids is 1. The van der Waals surface area contributed by atoms with Crippen molar-refractivity contribution < 1.29 is 19.4 Å². The fourth-order valence-corrected chi connectivity index (χ4v) is 1.90. The Bertz CT molecular complexity index is 699. The molecule has 0 aliphatic rings. The highest BCUT2D eigenvalue weighted by Crippen LogP contribution is 2.14. The Morgan fingerprint density at radius 1 is 1.09 bits per heavy atom. The third-order valence-electron chi connectivity index (χ3n) is 3.10. The third kappa shape index (κ3) is 4.31. The first-order valence-electron chi connectivity index (χ1n) is 6.79. The Kier molecular flexibility index (Phi) is 5.09. The lowest BCUT2D eigenvalue weighted by molar-refractivity contribution is -0.139. The summed E-state index contributed by atoms with van der Waals surface area (Å²) in [5.74, 6) is -0.740. The Morgan fingerprint density at radius 2 is 1.77 bits per heavy atom. The maximum atomic E-state index is 12.1. The SMILES string of the molecule is Cc1ccccc1/C=C/C(=O)c1ccc(OCC(=O)O)cc1. The maximum absolute atomic E-state index is 12.1. The van der Waals surface area contributed by atoms with Gasteiger partial charge in [0.15, 0.2) is 12.4 Å². The summed E-state index contributed by atoms with van der Waals surface area (Å²) in [5, 5.41) is 8.53. The van der Waals surface area contributed by atoms with Crippen molar-refractivity contribution in [2.24, 2.45) is 0 Å². The van der Waals surface area contributed by atoms with Crippen LogP contribution in [0.25, 0.3) is 6.08 Å². The molecule has 0 heterocycles. The van der Waals surface area contributed by atoms with E-state index < -0.39 is 12.6 Å². The lowest BCUT2D eigenvalue weighted by Gasteiger charge is -2.03. The number of aryl methyl sites for hydroxylation is 1. The van der Waals surface area contributed by atoms with Gasteiger partial charge in [0.25, 0.3) is 0 Å². The fourth-order valence-electron chi connectivity index (χ4n) is 1.90. The summed E-state index contributed by atoms with van der Waals surface area (Å²) in [6.07, 6.45) is 3.31. The summed E-state index contributed by atoms with van der Waals surface area (Å²) in [6.45, 7) is 1.58. The Labute approximate surface area is 128 Å². The molecule has 0 spiro atoms. The first-order chi connectivity index (χ1) is 10.6. The fraction of sp³-hybridized carbons (Fsp3) is 0.111. The van der Waals surface area contributed by atoms with E-state index in [4.69, 9.17) is 9.84 Å². The quantitative estimate of drug-likeness (QED) is 0.656. The standard InChI is InChI=1S/C18H16O4/c1-13-4-2-3-5-14(13)8-11-17(19)15-6-9-16(10-7-15)22-12-18(20)21/h2-11H,12H2,1H3,(H,20,21)/b11-8+. The number of ether oxygens (including phenoxy) is 1. The molecule has 1 N–H and O–H groups in total. The van der Waals surface area contributed by atoms with E-state index in [1.54, 1.807) is 30.3 Å². The molecule has 2 rings (SSSR count). The predicted octanol–water partition coefficient (Wildman–Crippen LogP) is 3.35. The van der Waals surface area contributed by atoms with E-state index in [1.807, 2.05) is 31.2 Å². The molecule has 0 radical (unpaired) electrons. The molecule has 0 aliphatic carbocycles. The van der Waals surface area contributed by atoms with E-state index in [1.165, 1.54) is 6.08 Å². The number of carbonyl (C=O) groups is 2. The molecule has 0 amide bonds. The van der Waals surface area contributed by atoms with Crippen molar-refractivity contribution in [2.75, 3.05) is 6.61 Å². The van der Waals surface area contributed by atoms with Gasteiger partial charge in [-0.05, 0) is 48.4 Å². The van der Waals surface area contributed by atoms with Gasteiger partial charge in [0.1, 0.15) is 5.75 Å². The highest BCUT2D eigenvalue weighted by molar-refractivity contribution is 6.06. The van der Waals surface area contributed by atoms with Crippen molar-refractivity contribution in [3.63, 3.8) is 0 Å². The van der Waals surface area contributed by atoms with Crippen molar-refractivity contribution in [1.29, 1.82) is 0 Å². The van der Waals surface area contributed by atoms with E-state index in [-0.39, 0.29) is 5.78 Å². The van der Waals surface area contributed by atoms with Crippen molar-refractivity contribution in [3.05, 3.63) is 71.3 Å². The zero-order valence-electron chi connectivity index (χ0n) is 12.2. The van der Waals surface area contributed by atoms with Gasteiger partial charge in [-0.15, -0.1) is 0 Å². The van der Waals surface area contributed by atoms with Crippen LogP contribution in [-0.4, -0.2) is 23.5 Å². The van der Waals surface area contributed by atoms with Crippen LogP contribution < -0.4 is 4.74 Å². The molecule has 0 fully saturated rings. The first kappa shape index (κ1) is 15.5. The Hall–Kier alpha value is -2.88. The molecule has 0 aliphatic heterocycles. The zero-order chi connectivity index (χ0) is 15.9. The van der Waals surface area contributed by atoms with Crippen LogP contribution in [0, 0.1) is 6.92 Å². The summed E-state index contributed by atoms with van der Waals surface area (Å²) in [5.41, 5.74) is 2.62. The van der Waals surface area contributed by atoms with Crippen molar-refractivity contribution in [1.82, 2.24) is 0 Å². The van der Waals surface area contributed by atoms with E-state index in [9.17, 15) is 9.59 Å². The van der Waals surface area contributed by atoms with E-state index in [0.29, 0.717) is 11.3 Å². The molecule has 2 aromatic carbocycles. The molecule has 0 atom stereocenters. The van der Waals surface area contributed by atoms with Gasteiger partial charge >= 0.3 is 5.97 Å². The largest absolute Gasteiger partial charge is 0.482 e. The monoisotopic (exact) mass is 296 g/mol. The molecule has 0 bridgehead atoms. The summed E-state index contributed by atoms with van der Waals surface area (Å²) in [7, 11) is 0. The molecule has 4 nitrogen and oxygen atoms in total. The molecule has 2 aromatic rings. The normalized spacial score (nSPS) is 10.6. The number of benzene rings is 2. The van der Waals surface area contributed by atoms with E-state index in [2.05, 4.69) is 0 Å². The molecular formula is C18H16O4. The zero-order valence-corrected chi connectivity index (χ0v) is 12.2. The van der Waals surface area contributed by atoms with Gasteiger partial charge in [0.05, 0.1) is 0 Å². The number of carboxylic acids is 1. The number of allylic oxidation sites excluding steroid dienone is 1. The van der Waals surface area contributed by atoms with E-state index in [0.717, 1.165) is 11.1 Å². The summed E-state index contributed by atoms with van der Waals surface area (Å²) in [6, 6.07) is 14.2. The van der Waals surface area contributed by atoms with Crippen LogP contribution in [0.2, 0.25) is 0 Å². The Balaban J connectivity index is 2.04. The molecule has 0 saturated carbocycles. The topological polar surface area (TPSA) is 63.6 Å². The van der Waals surface area contributed by atoms with E-state index >= 15 is 0 Å². The molecule has 0 saturated heterocycles. The number of hydrogen-bond donors (Lipinski definition) is 1. The van der Waals surface area contributed by atoms with Gasteiger partial charge < -0.3 is 9.84 Å². The van der Waals surface area contributed by atoms with Crippen molar-refractivity contribution in [3.8, 4) is 5.75 Å². The summed E-state index contributed by atoms with van der Waals surface area (Å²) >= 11 is 0. The average molecular weight is 296 g/mol.